The Morgan fingerprint density at radius 3 is 2.48 bits per heavy atom. The van der Waals surface area contributed by atoms with Crippen molar-refractivity contribution >= 4 is 33.4 Å². The molecule has 6 heteroatoms. The Bertz CT molecular complexity index is 971. The topological polar surface area (TPSA) is 76.3 Å². The highest BCUT2D eigenvalue weighted by Gasteiger charge is 2.23. The minimum atomic E-state index is -0.394. The molecule has 1 aliphatic rings. The number of hydrogen-bond acceptors (Lipinski definition) is 4. The zero-order chi connectivity index (χ0) is 20.2. The number of carbonyl (C=O) groups is 2. The van der Waals surface area contributed by atoms with Gasteiger partial charge in [0.2, 0.25) is 11.8 Å². The summed E-state index contributed by atoms with van der Waals surface area (Å²) in [6.45, 7) is 1.64. The van der Waals surface area contributed by atoms with Crippen LogP contribution in [0, 0.1) is 5.92 Å². The first kappa shape index (κ1) is 19.6. The Morgan fingerprint density at radius 1 is 1.07 bits per heavy atom. The van der Waals surface area contributed by atoms with Crippen LogP contribution in [-0.4, -0.2) is 34.8 Å². The van der Waals surface area contributed by atoms with Crippen molar-refractivity contribution in [2.24, 2.45) is 11.7 Å². The Kier molecular flexibility index (Phi) is 5.90. The molecule has 2 amide bonds. The molecule has 2 heterocycles. The summed E-state index contributed by atoms with van der Waals surface area (Å²) in [7, 11) is 0. The monoisotopic (exact) mass is 407 g/mol. The van der Waals surface area contributed by atoms with Crippen LogP contribution in [-0.2, 0) is 17.6 Å². The van der Waals surface area contributed by atoms with Crippen molar-refractivity contribution in [3.8, 4) is 0 Å². The fourth-order valence-electron chi connectivity index (χ4n) is 3.92. The summed E-state index contributed by atoms with van der Waals surface area (Å²) in [6.07, 6.45) is 4.26. The van der Waals surface area contributed by atoms with Crippen LogP contribution in [0.5, 0.6) is 0 Å². The Labute approximate surface area is 174 Å². The molecular formula is C23H25N3O2S. The van der Waals surface area contributed by atoms with Crippen LogP contribution in [0.1, 0.15) is 40.2 Å². The Hall–Kier alpha value is -2.73. The summed E-state index contributed by atoms with van der Waals surface area (Å²) >= 11 is 1.68. The number of aromatic nitrogens is 1. The number of thiazole rings is 1. The van der Waals surface area contributed by atoms with Gasteiger partial charge in [-0.05, 0) is 55.0 Å². The van der Waals surface area contributed by atoms with Gasteiger partial charge in [0.15, 0.2) is 0 Å². The van der Waals surface area contributed by atoms with E-state index in [1.54, 1.807) is 23.5 Å². The predicted molar refractivity (Wildman–Crippen MR) is 116 cm³/mol. The highest BCUT2D eigenvalue weighted by Crippen LogP contribution is 2.25. The largest absolute Gasteiger partial charge is 0.366 e. The summed E-state index contributed by atoms with van der Waals surface area (Å²) in [5.41, 5.74) is 8.07. The lowest BCUT2D eigenvalue weighted by atomic mass is 9.89. The Morgan fingerprint density at radius 2 is 1.79 bits per heavy atom. The number of nitrogens with two attached hydrogens (primary N) is 1. The van der Waals surface area contributed by atoms with Crippen LogP contribution in [0.3, 0.4) is 0 Å². The second-order valence-electron chi connectivity index (χ2n) is 7.66. The molecule has 1 aromatic heterocycles. The van der Waals surface area contributed by atoms with Gasteiger partial charge in [-0.1, -0.05) is 24.3 Å². The lowest BCUT2D eigenvalue weighted by Gasteiger charge is -2.32. The Balaban J connectivity index is 1.24. The smallest absolute Gasteiger partial charge is 0.248 e. The second kappa shape index (κ2) is 8.74. The van der Waals surface area contributed by atoms with Gasteiger partial charge >= 0.3 is 0 Å². The van der Waals surface area contributed by atoms with E-state index in [0.29, 0.717) is 24.3 Å². The minimum Gasteiger partial charge on any atom is -0.366 e. The van der Waals surface area contributed by atoms with Crippen molar-refractivity contribution in [3.05, 3.63) is 64.7 Å². The van der Waals surface area contributed by atoms with Gasteiger partial charge in [-0.2, -0.15) is 0 Å². The molecule has 5 nitrogen and oxygen atoms in total. The molecule has 1 aliphatic heterocycles. The average Bonchev–Trinajstić information content (AvgIpc) is 3.16. The van der Waals surface area contributed by atoms with E-state index in [0.717, 1.165) is 42.9 Å². The second-order valence-corrected chi connectivity index (χ2v) is 8.78. The SMILES string of the molecule is NC(=O)c1ccc(CC2CCN(C(=O)CCc3nc4ccccc4s3)CC2)cc1. The molecule has 0 spiro atoms. The van der Waals surface area contributed by atoms with Crippen LogP contribution < -0.4 is 5.73 Å². The number of rotatable bonds is 6. The van der Waals surface area contributed by atoms with Crippen molar-refractivity contribution in [1.29, 1.82) is 0 Å². The first-order chi connectivity index (χ1) is 14.1. The zero-order valence-electron chi connectivity index (χ0n) is 16.3. The number of carbonyl (C=O) groups excluding carboxylic acids is 2. The fraction of sp³-hybridized carbons (Fsp3) is 0.348. The maximum atomic E-state index is 12.6. The van der Waals surface area contributed by atoms with Gasteiger partial charge in [-0.15, -0.1) is 11.3 Å². The van der Waals surface area contributed by atoms with E-state index < -0.39 is 5.91 Å². The maximum absolute atomic E-state index is 12.6. The number of benzene rings is 2. The summed E-state index contributed by atoms with van der Waals surface area (Å²) < 4.78 is 1.18. The third kappa shape index (κ3) is 4.82. The van der Waals surface area contributed by atoms with Crippen LogP contribution in [0.2, 0.25) is 0 Å². The first-order valence-electron chi connectivity index (χ1n) is 10.1. The number of fused-ring (bicyclic) bond motifs is 1. The van der Waals surface area contributed by atoms with Gasteiger partial charge < -0.3 is 10.6 Å². The quantitative estimate of drug-likeness (QED) is 0.675. The molecule has 3 aromatic rings. The highest BCUT2D eigenvalue weighted by atomic mass is 32.1. The predicted octanol–water partition coefficient (Wildman–Crippen LogP) is 3.81. The van der Waals surface area contributed by atoms with Crippen LogP contribution >= 0.6 is 11.3 Å². The molecule has 0 bridgehead atoms. The molecule has 0 atom stereocenters. The van der Waals surface area contributed by atoms with Crippen molar-refractivity contribution in [2.45, 2.75) is 32.1 Å². The van der Waals surface area contributed by atoms with Crippen LogP contribution in [0.4, 0.5) is 0 Å². The molecule has 150 valence electrons. The molecule has 0 aliphatic carbocycles. The molecule has 1 saturated heterocycles. The molecule has 2 N–H and O–H groups in total. The van der Waals surface area contributed by atoms with Crippen molar-refractivity contribution < 1.29 is 9.59 Å². The lowest BCUT2D eigenvalue weighted by Crippen LogP contribution is -2.39. The van der Waals surface area contributed by atoms with E-state index in [2.05, 4.69) is 11.1 Å². The number of hydrogen-bond donors (Lipinski definition) is 1. The number of aryl methyl sites for hydroxylation is 1. The van der Waals surface area contributed by atoms with Crippen molar-refractivity contribution in [2.75, 3.05) is 13.1 Å². The molecule has 4 rings (SSSR count). The number of para-hydroxylation sites is 1. The van der Waals surface area contributed by atoms with Gasteiger partial charge in [0.25, 0.3) is 0 Å². The van der Waals surface area contributed by atoms with E-state index in [4.69, 9.17) is 5.73 Å². The van der Waals surface area contributed by atoms with Gasteiger partial charge in [-0.25, -0.2) is 4.98 Å². The summed E-state index contributed by atoms with van der Waals surface area (Å²) in [5, 5.41) is 1.04. The van der Waals surface area contributed by atoms with E-state index in [9.17, 15) is 9.59 Å². The highest BCUT2D eigenvalue weighted by molar-refractivity contribution is 7.18. The summed E-state index contributed by atoms with van der Waals surface area (Å²) in [5.74, 6) is 0.408. The van der Waals surface area contributed by atoms with E-state index >= 15 is 0 Å². The minimum absolute atomic E-state index is 0.230. The molecule has 0 radical (unpaired) electrons. The van der Waals surface area contributed by atoms with Crippen molar-refractivity contribution in [3.63, 3.8) is 0 Å². The number of likely N-dealkylation sites (tertiary alicyclic amines) is 1. The van der Waals surface area contributed by atoms with Crippen LogP contribution in [0.25, 0.3) is 10.2 Å². The zero-order valence-corrected chi connectivity index (χ0v) is 17.2. The third-order valence-electron chi connectivity index (χ3n) is 5.62. The molecule has 2 aromatic carbocycles. The van der Waals surface area contributed by atoms with Crippen molar-refractivity contribution in [1.82, 2.24) is 9.88 Å². The lowest BCUT2D eigenvalue weighted by molar-refractivity contribution is -0.132. The fourth-order valence-corrected chi connectivity index (χ4v) is 4.89. The standard InChI is InChI=1S/C23H25N3O2S/c24-23(28)18-7-5-16(6-8-18)15-17-11-13-26(14-12-17)22(27)10-9-21-25-19-3-1-2-4-20(19)29-21/h1-8,17H,9-15H2,(H2,24,28). The average molecular weight is 408 g/mol. The summed E-state index contributed by atoms with van der Waals surface area (Å²) in [4.78, 5) is 30.4. The normalized spacial score (nSPS) is 15.0. The number of amides is 2. The number of piperidine rings is 1. The molecule has 0 saturated carbocycles. The molecule has 1 fully saturated rings. The summed E-state index contributed by atoms with van der Waals surface area (Å²) in [6, 6.07) is 15.6. The third-order valence-corrected chi connectivity index (χ3v) is 6.72. The molecular weight excluding hydrogens is 382 g/mol. The van der Waals surface area contributed by atoms with E-state index in [1.165, 1.54) is 10.3 Å². The van der Waals surface area contributed by atoms with Crippen LogP contribution in [0.15, 0.2) is 48.5 Å². The number of primary amides is 1. The molecule has 29 heavy (non-hydrogen) atoms. The first-order valence-corrected chi connectivity index (χ1v) is 10.9. The van der Waals surface area contributed by atoms with E-state index in [-0.39, 0.29) is 5.91 Å². The van der Waals surface area contributed by atoms with Gasteiger partial charge in [0.05, 0.1) is 15.2 Å². The maximum Gasteiger partial charge on any atom is 0.248 e. The van der Waals surface area contributed by atoms with Gasteiger partial charge in [0, 0.05) is 31.5 Å². The van der Waals surface area contributed by atoms with Gasteiger partial charge in [-0.3, -0.25) is 9.59 Å². The van der Waals surface area contributed by atoms with Gasteiger partial charge in [0.1, 0.15) is 0 Å². The molecule has 0 unspecified atom stereocenters. The van der Waals surface area contributed by atoms with E-state index in [1.807, 2.05) is 35.2 Å². The number of nitrogens with zero attached hydrogens (tertiary/aromatic N) is 2.